The number of carbonyl (C=O) groups excluding carboxylic acids is 2. The molecule has 2 heterocycles. The quantitative estimate of drug-likeness (QED) is 0.0353. The van der Waals surface area contributed by atoms with E-state index in [-0.39, 0.29) is 36.2 Å². The van der Waals surface area contributed by atoms with Gasteiger partial charge in [0.15, 0.2) is 6.29 Å². The van der Waals surface area contributed by atoms with E-state index in [2.05, 4.69) is 21.7 Å². The molecule has 0 saturated carbocycles. The number of nitrogens with one attached hydrogen (secondary N) is 2. The normalized spacial score (nSPS) is 16.6. The maximum atomic E-state index is 12.6. The van der Waals surface area contributed by atoms with Crippen LogP contribution in [0, 0.1) is 0 Å². The first-order chi connectivity index (χ1) is 27.2. The molecule has 4 aromatic carbocycles. The highest BCUT2D eigenvalue weighted by Gasteiger charge is 2.32. The van der Waals surface area contributed by atoms with Crippen LogP contribution in [-0.4, -0.2) is 44.8 Å². The Morgan fingerprint density at radius 3 is 2.29 bits per heavy atom. The number of ether oxygens (including phenoxy) is 2. The predicted molar refractivity (Wildman–Crippen MR) is 217 cm³/mol. The molecule has 6 N–H and O–H groups in total. The van der Waals surface area contributed by atoms with Gasteiger partial charge in [0.25, 0.3) is 0 Å². The van der Waals surface area contributed by atoms with Gasteiger partial charge in [-0.15, -0.1) is 11.8 Å². The van der Waals surface area contributed by atoms with Gasteiger partial charge in [0, 0.05) is 43.3 Å². The first-order valence-corrected chi connectivity index (χ1v) is 19.7. The highest BCUT2D eigenvalue weighted by molar-refractivity contribution is 7.99. The Bertz CT molecular complexity index is 2090. The summed E-state index contributed by atoms with van der Waals surface area (Å²) in [7, 11) is 0. The second-order valence-corrected chi connectivity index (χ2v) is 14.6. The molecule has 3 atom stereocenters. The number of nitrogens with two attached hydrogens (primary N) is 1. The number of aliphatic hydroxyl groups is 1. The zero-order valence-corrected chi connectivity index (χ0v) is 31.8. The fraction of sp³-hybridized carbons (Fsp3) is 0.273. The number of benzene rings is 4. The van der Waals surface area contributed by atoms with Gasteiger partial charge < -0.3 is 36.1 Å². The molecule has 6 rings (SSSR count). The largest absolute Gasteiger partial charge is 0.478 e. The molecule has 11 nitrogen and oxygen atoms in total. The molecule has 5 aromatic rings. The first-order valence-electron chi connectivity index (χ1n) is 18.7. The van der Waals surface area contributed by atoms with Crippen LogP contribution in [-0.2, 0) is 32.2 Å². The van der Waals surface area contributed by atoms with Crippen molar-refractivity contribution in [2.45, 2.75) is 75.2 Å². The molecule has 1 fully saturated rings. The number of hydrogen-bond donors (Lipinski definition) is 5. The monoisotopic (exact) mass is 774 g/mol. The van der Waals surface area contributed by atoms with Gasteiger partial charge in [0.05, 0.1) is 35.8 Å². The van der Waals surface area contributed by atoms with E-state index in [0.717, 1.165) is 39.8 Å². The molecule has 0 radical (unpaired) electrons. The van der Waals surface area contributed by atoms with Crippen LogP contribution in [0.25, 0.3) is 11.1 Å². The Morgan fingerprint density at radius 2 is 1.54 bits per heavy atom. The average Bonchev–Trinajstić information content (AvgIpc) is 3.23. The summed E-state index contributed by atoms with van der Waals surface area (Å²) in [6.45, 7) is 0.357. The van der Waals surface area contributed by atoms with Crippen molar-refractivity contribution in [3.8, 4) is 11.1 Å². The number of carboxylic acid groups (broad SMARTS) is 1. The van der Waals surface area contributed by atoms with E-state index in [1.165, 1.54) is 11.8 Å². The summed E-state index contributed by atoms with van der Waals surface area (Å²) in [6.07, 6.45) is 3.84. The van der Waals surface area contributed by atoms with Gasteiger partial charge in [-0.05, 0) is 71.0 Å². The van der Waals surface area contributed by atoms with E-state index in [9.17, 15) is 24.6 Å². The van der Waals surface area contributed by atoms with E-state index in [0.29, 0.717) is 60.8 Å². The van der Waals surface area contributed by atoms with Crippen molar-refractivity contribution in [2.24, 2.45) is 0 Å². The van der Waals surface area contributed by atoms with Crippen molar-refractivity contribution >= 4 is 40.9 Å². The van der Waals surface area contributed by atoms with E-state index in [1.54, 1.807) is 30.5 Å². The van der Waals surface area contributed by atoms with E-state index < -0.39 is 12.3 Å². The van der Waals surface area contributed by atoms with Crippen molar-refractivity contribution in [1.29, 1.82) is 0 Å². The third kappa shape index (κ3) is 11.3. The van der Waals surface area contributed by atoms with Gasteiger partial charge in [-0.1, -0.05) is 85.3 Å². The molecule has 1 aliphatic heterocycles. The number of nitrogen functional groups attached to an aromatic ring is 1. The fourth-order valence-electron chi connectivity index (χ4n) is 6.42. The molecule has 0 spiro atoms. The van der Waals surface area contributed by atoms with Crippen molar-refractivity contribution in [1.82, 2.24) is 10.3 Å². The number of carboxylic acids is 1. The lowest BCUT2D eigenvalue weighted by atomic mass is 9.99. The van der Waals surface area contributed by atoms with E-state index in [4.69, 9.17) is 15.2 Å². The average molecular weight is 775 g/mol. The number of aromatic nitrogens is 1. The van der Waals surface area contributed by atoms with Crippen molar-refractivity contribution in [3.05, 3.63) is 143 Å². The van der Waals surface area contributed by atoms with Crippen molar-refractivity contribution in [2.75, 3.05) is 16.8 Å². The molecule has 2 amide bonds. The minimum atomic E-state index is -1.03. The Kier molecular flexibility index (Phi) is 14.2. The van der Waals surface area contributed by atoms with Crippen LogP contribution in [0.4, 0.5) is 11.4 Å². The molecule has 1 aromatic heterocycles. The lowest BCUT2D eigenvalue weighted by Crippen LogP contribution is -2.31. The van der Waals surface area contributed by atoms with E-state index >= 15 is 0 Å². The van der Waals surface area contributed by atoms with Crippen LogP contribution in [0.15, 0.2) is 120 Å². The summed E-state index contributed by atoms with van der Waals surface area (Å²) in [4.78, 5) is 40.9. The molecule has 1 aliphatic rings. The number of hydrogen-bond acceptors (Lipinski definition) is 9. The highest BCUT2D eigenvalue weighted by Crippen LogP contribution is 2.40. The lowest BCUT2D eigenvalue weighted by molar-refractivity contribution is -0.245. The van der Waals surface area contributed by atoms with Gasteiger partial charge in [0.1, 0.15) is 5.03 Å². The maximum Gasteiger partial charge on any atom is 0.338 e. The third-order valence-electron chi connectivity index (χ3n) is 9.50. The van der Waals surface area contributed by atoms with Crippen LogP contribution in [0.2, 0.25) is 0 Å². The number of anilines is 2. The standard InChI is InChI=1S/C44H46N4O7S/c45-37-11-4-5-12-38(37)48-41(51)14-3-1-2-13-40(50)47-26-30-8-6-9-34(24-30)31-19-21-33(22-20-31)44-54-35(28-56-42-36(43(52)53)10-7-23-46-42)25-39(55-44)32-17-15-29(27-49)16-18-32/h4-12,15-24,35,39,44,49H,1-3,13-14,25-28,45H2,(H,47,50)(H,48,51)(H,52,53)/t35-,39+,44+/m0/s1. The molecule has 0 aliphatic carbocycles. The summed E-state index contributed by atoms with van der Waals surface area (Å²) in [6, 6.07) is 34.0. The number of pyridine rings is 1. The molecule has 0 bridgehead atoms. The van der Waals surface area contributed by atoms with Gasteiger partial charge in [0.2, 0.25) is 11.8 Å². The number of amides is 2. The summed E-state index contributed by atoms with van der Waals surface area (Å²) >= 11 is 1.35. The molecule has 290 valence electrons. The Hall–Kier alpha value is -5.53. The summed E-state index contributed by atoms with van der Waals surface area (Å²) in [5.41, 5.74) is 12.8. The highest BCUT2D eigenvalue weighted by atomic mass is 32.2. The molecule has 1 saturated heterocycles. The maximum absolute atomic E-state index is 12.6. The minimum Gasteiger partial charge on any atom is -0.478 e. The molecule has 0 unspecified atom stereocenters. The van der Waals surface area contributed by atoms with Crippen LogP contribution >= 0.6 is 11.8 Å². The third-order valence-corrected chi connectivity index (χ3v) is 10.6. The second-order valence-electron chi connectivity index (χ2n) is 13.6. The number of thioether (sulfide) groups is 1. The Morgan fingerprint density at radius 1 is 0.786 bits per heavy atom. The van der Waals surface area contributed by atoms with Crippen LogP contribution in [0.1, 0.15) is 83.5 Å². The zero-order valence-electron chi connectivity index (χ0n) is 30.9. The van der Waals surface area contributed by atoms with Gasteiger partial charge in [-0.2, -0.15) is 0 Å². The first kappa shape index (κ1) is 40.1. The second kappa shape index (κ2) is 19.9. The summed E-state index contributed by atoms with van der Waals surface area (Å²) in [5.74, 6) is -0.669. The summed E-state index contributed by atoms with van der Waals surface area (Å²) < 4.78 is 13.0. The predicted octanol–water partition coefficient (Wildman–Crippen LogP) is 8.06. The number of carbonyl (C=O) groups is 3. The number of para-hydroxylation sites is 2. The number of unbranched alkanes of at least 4 members (excludes halogenated alkanes) is 2. The number of aromatic carboxylic acids is 1. The van der Waals surface area contributed by atoms with E-state index in [1.807, 2.05) is 78.9 Å². The van der Waals surface area contributed by atoms with Gasteiger partial charge in [-0.25, -0.2) is 9.78 Å². The van der Waals surface area contributed by atoms with Crippen molar-refractivity contribution < 1.29 is 34.1 Å². The Balaban J connectivity index is 1.02. The minimum absolute atomic E-state index is 0.0320. The fourth-order valence-corrected chi connectivity index (χ4v) is 7.42. The molecule has 12 heteroatoms. The van der Waals surface area contributed by atoms with Crippen LogP contribution in [0.5, 0.6) is 0 Å². The van der Waals surface area contributed by atoms with Crippen LogP contribution in [0.3, 0.4) is 0 Å². The molecule has 56 heavy (non-hydrogen) atoms. The number of nitrogens with zero attached hydrogens (tertiary/aromatic N) is 1. The topological polar surface area (TPSA) is 173 Å². The Labute approximate surface area is 330 Å². The molecular weight excluding hydrogens is 729 g/mol. The SMILES string of the molecule is Nc1ccccc1NC(=O)CCCCCC(=O)NCc1cccc(-c2ccc([C@@H]3O[C@H](CSc4ncccc4C(=O)O)C[C@H](c4ccc(CO)cc4)O3)cc2)c1. The zero-order chi connectivity index (χ0) is 39.3. The number of aliphatic hydroxyl groups excluding tert-OH is 1. The lowest BCUT2D eigenvalue weighted by Gasteiger charge is -2.36. The number of rotatable bonds is 17. The molecular formula is C44H46N4O7S. The van der Waals surface area contributed by atoms with Gasteiger partial charge in [-0.3, -0.25) is 9.59 Å². The summed E-state index contributed by atoms with van der Waals surface area (Å²) in [5, 5.41) is 25.5. The van der Waals surface area contributed by atoms with Crippen molar-refractivity contribution in [3.63, 3.8) is 0 Å². The smallest absolute Gasteiger partial charge is 0.338 e. The van der Waals surface area contributed by atoms with Gasteiger partial charge >= 0.3 is 5.97 Å². The van der Waals surface area contributed by atoms with Crippen LogP contribution < -0.4 is 16.4 Å².